The van der Waals surface area contributed by atoms with E-state index in [0.717, 1.165) is 0 Å². The number of nitrogens with one attached hydrogen (secondary N) is 2. The average molecular weight is 251 g/mol. The second-order valence-corrected chi connectivity index (χ2v) is 7.51. The van der Waals surface area contributed by atoms with Gasteiger partial charge < -0.3 is 20.1 Å². The number of rotatable bonds is 1. The molecule has 0 saturated heterocycles. The zero-order valence-electron chi connectivity index (χ0n) is 10.7. The molecule has 0 fully saturated rings. The number of hydrogen-bond acceptors (Lipinski definition) is 4. The summed E-state index contributed by atoms with van der Waals surface area (Å²) in [5, 5.41) is 8.94. The van der Waals surface area contributed by atoms with Crippen molar-refractivity contribution in [3.05, 3.63) is 0 Å². The number of hydrogen-bond donors (Lipinski definition) is 3. The molecule has 0 amide bonds. The van der Waals surface area contributed by atoms with Gasteiger partial charge in [0.05, 0.1) is 0 Å². The summed E-state index contributed by atoms with van der Waals surface area (Å²) in [7, 11) is -2.32. The van der Waals surface area contributed by atoms with E-state index in [0.29, 0.717) is 0 Å². The van der Waals surface area contributed by atoms with Crippen molar-refractivity contribution >= 4 is 19.2 Å². The topological polar surface area (TPSA) is 105 Å². The largest absolute Gasteiger partial charge is 0.460 e. The average Bonchev–Trinajstić information content (AvgIpc) is 1.72. The van der Waals surface area contributed by atoms with Crippen molar-refractivity contribution in [3.8, 4) is 0 Å². The molecule has 0 heterocycles. The van der Waals surface area contributed by atoms with Crippen LogP contribution in [0.25, 0.3) is 0 Å². The van der Waals surface area contributed by atoms with Gasteiger partial charge in [0.25, 0.3) is 0 Å². The third-order valence-corrected chi connectivity index (χ3v) is 1.62. The standard InChI is InChI=1S/C6H12O2.C3H10N3OP/c1-5(7)8-6(2,3)4;1-8(2,7)6-3(4)5/h1-4H3;1-2H3,(H4,4,5,6,7). The van der Waals surface area contributed by atoms with Crippen molar-refractivity contribution in [2.24, 2.45) is 5.73 Å². The molecule has 96 valence electrons. The van der Waals surface area contributed by atoms with Crippen molar-refractivity contribution in [2.75, 3.05) is 13.3 Å². The van der Waals surface area contributed by atoms with Crippen LogP contribution in [0.2, 0.25) is 0 Å². The van der Waals surface area contributed by atoms with E-state index >= 15 is 0 Å². The lowest BCUT2D eigenvalue weighted by Gasteiger charge is -2.17. The molecule has 0 aliphatic heterocycles. The molecule has 7 heteroatoms. The minimum absolute atomic E-state index is 0.225. The van der Waals surface area contributed by atoms with E-state index < -0.39 is 7.29 Å². The van der Waals surface area contributed by atoms with Crippen LogP contribution < -0.4 is 10.8 Å². The van der Waals surface area contributed by atoms with Crippen molar-refractivity contribution in [3.63, 3.8) is 0 Å². The molecule has 0 aliphatic carbocycles. The van der Waals surface area contributed by atoms with E-state index in [-0.39, 0.29) is 17.5 Å². The first-order valence-electron chi connectivity index (χ1n) is 4.70. The number of guanidine groups is 1. The van der Waals surface area contributed by atoms with Crippen molar-refractivity contribution < 1.29 is 14.1 Å². The molecular weight excluding hydrogens is 229 g/mol. The number of nitrogens with two attached hydrogens (primary N) is 1. The number of ether oxygens (including phenoxy) is 1. The summed E-state index contributed by atoms with van der Waals surface area (Å²) in [5.74, 6) is -0.462. The fourth-order valence-electron chi connectivity index (χ4n) is 0.721. The summed E-state index contributed by atoms with van der Waals surface area (Å²) in [5.41, 5.74) is 4.55. The SMILES string of the molecule is CC(=O)OC(C)(C)C.CP(C)(=O)NC(=N)N. The Morgan fingerprint density at radius 1 is 1.38 bits per heavy atom. The van der Waals surface area contributed by atoms with Crippen LogP contribution in [0.3, 0.4) is 0 Å². The van der Waals surface area contributed by atoms with Crippen LogP contribution in [0.15, 0.2) is 0 Å². The molecule has 0 aromatic heterocycles. The normalized spacial score (nSPS) is 10.9. The minimum Gasteiger partial charge on any atom is -0.460 e. The van der Waals surface area contributed by atoms with E-state index in [2.05, 4.69) is 5.09 Å². The Bertz CT molecular complexity index is 291. The van der Waals surface area contributed by atoms with Gasteiger partial charge in [-0.05, 0) is 20.8 Å². The van der Waals surface area contributed by atoms with Crippen molar-refractivity contribution in [1.29, 1.82) is 5.41 Å². The molecule has 0 unspecified atom stereocenters. The Hall–Kier alpha value is -1.03. The van der Waals surface area contributed by atoms with E-state index in [9.17, 15) is 9.36 Å². The molecule has 0 saturated carbocycles. The zero-order chi connectivity index (χ0) is 13.6. The van der Waals surface area contributed by atoms with Gasteiger partial charge in [-0.25, -0.2) is 0 Å². The fraction of sp³-hybridized carbons (Fsp3) is 0.778. The van der Waals surface area contributed by atoms with Crippen molar-refractivity contribution in [1.82, 2.24) is 5.09 Å². The predicted octanol–water partition coefficient (Wildman–Crippen LogP) is 1.36. The van der Waals surface area contributed by atoms with Gasteiger partial charge in [0.2, 0.25) is 0 Å². The van der Waals surface area contributed by atoms with Crippen LogP contribution >= 0.6 is 7.29 Å². The lowest BCUT2D eigenvalue weighted by Crippen LogP contribution is -2.26. The maximum atomic E-state index is 10.7. The third-order valence-electron chi connectivity index (χ3n) is 0.840. The smallest absolute Gasteiger partial charge is 0.303 e. The van der Waals surface area contributed by atoms with Gasteiger partial charge in [0, 0.05) is 20.3 Å². The van der Waals surface area contributed by atoms with Gasteiger partial charge in [-0.1, -0.05) is 0 Å². The minimum atomic E-state index is -2.32. The molecule has 0 spiro atoms. The quantitative estimate of drug-likeness (QED) is 0.282. The second-order valence-electron chi connectivity index (χ2n) is 4.58. The number of esters is 1. The molecular formula is C9H22N3O3P. The molecule has 4 N–H and O–H groups in total. The monoisotopic (exact) mass is 251 g/mol. The molecule has 0 atom stereocenters. The summed E-state index contributed by atoms with van der Waals surface area (Å²) in [6.07, 6.45) is 0. The lowest BCUT2D eigenvalue weighted by molar-refractivity contribution is -0.151. The highest BCUT2D eigenvalue weighted by atomic mass is 31.2. The van der Waals surface area contributed by atoms with Crippen LogP contribution in [0.4, 0.5) is 0 Å². The molecule has 0 radical (unpaired) electrons. The van der Waals surface area contributed by atoms with Crippen LogP contribution in [0.1, 0.15) is 27.7 Å². The van der Waals surface area contributed by atoms with Crippen LogP contribution in [-0.2, 0) is 14.1 Å². The maximum Gasteiger partial charge on any atom is 0.303 e. The van der Waals surface area contributed by atoms with E-state index in [1.807, 2.05) is 20.8 Å². The Morgan fingerprint density at radius 3 is 1.75 bits per heavy atom. The van der Waals surface area contributed by atoms with E-state index in [1.54, 1.807) is 0 Å². The second kappa shape index (κ2) is 6.53. The Labute approximate surface area is 96.9 Å². The lowest BCUT2D eigenvalue weighted by atomic mass is 10.2. The number of carbonyl (C=O) groups excluding carboxylic acids is 1. The Kier molecular flexibility index (Phi) is 7.09. The molecule has 0 aliphatic rings. The molecule has 6 nitrogen and oxygen atoms in total. The first-order chi connectivity index (χ1) is 6.83. The summed E-state index contributed by atoms with van der Waals surface area (Å²) in [6.45, 7) is 9.95. The third kappa shape index (κ3) is 23.1. The highest BCUT2D eigenvalue weighted by Gasteiger charge is 2.11. The number of carbonyl (C=O) groups is 1. The van der Waals surface area contributed by atoms with Gasteiger partial charge in [0.1, 0.15) is 5.60 Å². The van der Waals surface area contributed by atoms with Gasteiger partial charge in [-0.15, -0.1) is 0 Å². The fourth-order valence-corrected chi connectivity index (χ4v) is 1.30. The molecule has 0 rings (SSSR count). The van der Waals surface area contributed by atoms with Crippen LogP contribution in [0, 0.1) is 5.41 Å². The molecule has 0 bridgehead atoms. The Morgan fingerprint density at radius 2 is 1.75 bits per heavy atom. The van der Waals surface area contributed by atoms with Gasteiger partial charge in [-0.2, -0.15) is 0 Å². The van der Waals surface area contributed by atoms with Gasteiger partial charge >= 0.3 is 5.97 Å². The molecule has 0 aromatic rings. The van der Waals surface area contributed by atoms with Gasteiger partial charge in [0.15, 0.2) is 13.3 Å². The summed E-state index contributed by atoms with van der Waals surface area (Å²) in [4.78, 5) is 10.2. The zero-order valence-corrected chi connectivity index (χ0v) is 11.6. The van der Waals surface area contributed by atoms with Crippen LogP contribution in [0.5, 0.6) is 0 Å². The van der Waals surface area contributed by atoms with E-state index in [4.69, 9.17) is 15.9 Å². The Balaban J connectivity index is 0. The highest BCUT2D eigenvalue weighted by Crippen LogP contribution is 2.28. The maximum absolute atomic E-state index is 10.7. The summed E-state index contributed by atoms with van der Waals surface area (Å²) < 4.78 is 15.5. The summed E-state index contributed by atoms with van der Waals surface area (Å²) >= 11 is 0. The molecule has 16 heavy (non-hydrogen) atoms. The van der Waals surface area contributed by atoms with Crippen LogP contribution in [-0.4, -0.2) is 30.9 Å². The van der Waals surface area contributed by atoms with Gasteiger partial charge in [-0.3, -0.25) is 10.2 Å². The highest BCUT2D eigenvalue weighted by molar-refractivity contribution is 7.61. The first-order valence-corrected chi connectivity index (χ1v) is 7.30. The van der Waals surface area contributed by atoms with E-state index in [1.165, 1.54) is 20.3 Å². The van der Waals surface area contributed by atoms with Crippen molar-refractivity contribution in [2.45, 2.75) is 33.3 Å². The molecule has 0 aromatic carbocycles. The predicted molar refractivity (Wildman–Crippen MR) is 66.0 cm³/mol. The summed E-state index contributed by atoms with van der Waals surface area (Å²) in [6, 6.07) is 0. The first kappa shape index (κ1) is 17.4.